The van der Waals surface area contributed by atoms with Crippen LogP contribution in [-0.2, 0) is 11.3 Å². The van der Waals surface area contributed by atoms with Crippen molar-refractivity contribution in [1.29, 1.82) is 0 Å². The van der Waals surface area contributed by atoms with E-state index in [2.05, 4.69) is 40.6 Å². The van der Waals surface area contributed by atoms with E-state index in [0.29, 0.717) is 18.2 Å². The number of aromatic nitrogens is 3. The number of furan rings is 1. The number of benzene rings is 1. The molecule has 0 fully saturated rings. The van der Waals surface area contributed by atoms with E-state index < -0.39 is 0 Å². The molecule has 2 aromatic heterocycles. The van der Waals surface area contributed by atoms with Crippen LogP contribution in [-0.4, -0.2) is 32.5 Å². The van der Waals surface area contributed by atoms with Gasteiger partial charge >= 0.3 is 0 Å². The average molecular weight is 451 g/mol. The van der Waals surface area contributed by atoms with Crippen molar-refractivity contribution in [2.75, 3.05) is 6.54 Å². The van der Waals surface area contributed by atoms with E-state index in [0.717, 1.165) is 35.6 Å². The van der Waals surface area contributed by atoms with Gasteiger partial charge in [-0.25, -0.2) is 0 Å². The van der Waals surface area contributed by atoms with E-state index in [9.17, 15) is 4.79 Å². The first-order chi connectivity index (χ1) is 15.6. The molecule has 0 saturated heterocycles. The monoisotopic (exact) mass is 450 g/mol. The van der Waals surface area contributed by atoms with Crippen LogP contribution in [0.25, 0.3) is 11.4 Å². The molecule has 0 saturated carbocycles. The predicted molar refractivity (Wildman–Crippen MR) is 128 cm³/mol. The number of carbonyl (C=O) groups excluding carboxylic acids is 1. The maximum absolute atomic E-state index is 12.7. The van der Waals surface area contributed by atoms with Crippen LogP contribution in [0.4, 0.5) is 0 Å². The van der Waals surface area contributed by atoms with Gasteiger partial charge in [-0.2, -0.15) is 0 Å². The molecule has 168 valence electrons. The van der Waals surface area contributed by atoms with Crippen molar-refractivity contribution in [2.24, 2.45) is 0 Å². The summed E-state index contributed by atoms with van der Waals surface area (Å²) in [4.78, 5) is 12.7. The van der Waals surface area contributed by atoms with E-state index in [1.54, 1.807) is 6.26 Å². The molecule has 0 radical (unpaired) electrons. The molecule has 1 atom stereocenters. The van der Waals surface area contributed by atoms with Gasteiger partial charge in [-0.15, -0.1) is 10.2 Å². The Kier molecular flexibility index (Phi) is 7.47. The number of amides is 1. The minimum Gasteiger partial charge on any atom is -0.467 e. The fourth-order valence-electron chi connectivity index (χ4n) is 3.91. The third kappa shape index (κ3) is 5.71. The number of carbonyl (C=O) groups is 1. The summed E-state index contributed by atoms with van der Waals surface area (Å²) in [6.45, 7) is 5.16. The van der Waals surface area contributed by atoms with Gasteiger partial charge in [0.25, 0.3) is 0 Å². The number of rotatable bonds is 9. The van der Waals surface area contributed by atoms with Crippen LogP contribution in [0.5, 0.6) is 0 Å². The minimum atomic E-state index is -0.278. The highest BCUT2D eigenvalue weighted by molar-refractivity contribution is 8.00. The summed E-state index contributed by atoms with van der Waals surface area (Å²) in [5.74, 6) is 1.61. The zero-order chi connectivity index (χ0) is 22.3. The molecule has 2 heterocycles. The van der Waals surface area contributed by atoms with Crippen molar-refractivity contribution in [1.82, 2.24) is 20.1 Å². The second-order valence-corrected chi connectivity index (χ2v) is 9.56. The summed E-state index contributed by atoms with van der Waals surface area (Å²) in [6.07, 6.45) is 9.82. The Hall–Kier alpha value is -2.80. The van der Waals surface area contributed by atoms with Crippen molar-refractivity contribution in [3.05, 3.63) is 65.6 Å². The Balaban J connectivity index is 1.46. The maximum atomic E-state index is 12.7. The number of hydrogen-bond acceptors (Lipinski definition) is 5. The first-order valence-corrected chi connectivity index (χ1v) is 12.1. The second kappa shape index (κ2) is 10.7. The van der Waals surface area contributed by atoms with Gasteiger partial charge in [0, 0.05) is 12.1 Å². The van der Waals surface area contributed by atoms with Crippen LogP contribution in [0.3, 0.4) is 0 Å². The van der Waals surface area contributed by atoms with Gasteiger partial charge in [-0.3, -0.25) is 9.36 Å². The Bertz CT molecular complexity index is 1070. The van der Waals surface area contributed by atoms with Crippen LogP contribution < -0.4 is 5.32 Å². The Morgan fingerprint density at radius 2 is 2.16 bits per heavy atom. The topological polar surface area (TPSA) is 73.0 Å². The Labute approximate surface area is 193 Å². The van der Waals surface area contributed by atoms with Crippen LogP contribution >= 0.6 is 11.8 Å². The lowest BCUT2D eigenvalue weighted by Gasteiger charge is -2.15. The fourth-order valence-corrected chi connectivity index (χ4v) is 4.78. The maximum Gasteiger partial charge on any atom is 0.233 e. The number of allylic oxidation sites excluding steroid dienone is 1. The lowest BCUT2D eigenvalue weighted by molar-refractivity contribution is -0.120. The number of hydrogen-bond donors (Lipinski definition) is 1. The molecule has 1 aliphatic rings. The Morgan fingerprint density at radius 1 is 1.25 bits per heavy atom. The summed E-state index contributed by atoms with van der Waals surface area (Å²) in [5, 5.41) is 12.4. The molecule has 4 rings (SSSR count). The summed E-state index contributed by atoms with van der Waals surface area (Å²) in [7, 11) is 0. The Morgan fingerprint density at radius 3 is 2.91 bits per heavy atom. The number of nitrogens with one attached hydrogen (secondary N) is 1. The van der Waals surface area contributed by atoms with E-state index in [4.69, 9.17) is 4.42 Å². The molecule has 0 bridgehead atoms. The quantitative estimate of drug-likeness (QED) is 0.350. The summed E-state index contributed by atoms with van der Waals surface area (Å²) >= 11 is 1.43. The van der Waals surface area contributed by atoms with Gasteiger partial charge in [0.1, 0.15) is 5.76 Å². The van der Waals surface area contributed by atoms with Crippen LogP contribution in [0, 0.1) is 6.92 Å². The van der Waals surface area contributed by atoms with Crippen molar-refractivity contribution in [3.63, 3.8) is 0 Å². The van der Waals surface area contributed by atoms with Crippen molar-refractivity contribution >= 4 is 17.7 Å². The molecule has 1 amide bonds. The number of aryl methyl sites for hydroxylation is 1. The highest BCUT2D eigenvalue weighted by Crippen LogP contribution is 2.28. The van der Waals surface area contributed by atoms with Crippen molar-refractivity contribution in [2.45, 2.75) is 62.9 Å². The summed E-state index contributed by atoms with van der Waals surface area (Å²) in [6, 6.07) is 12.0. The normalized spacial score (nSPS) is 14.8. The predicted octanol–water partition coefficient (Wildman–Crippen LogP) is 5.38. The molecule has 1 aromatic carbocycles. The molecule has 7 heteroatoms. The van der Waals surface area contributed by atoms with Crippen molar-refractivity contribution in [3.8, 4) is 11.4 Å². The fraction of sp³-hybridized carbons (Fsp3) is 0.400. The summed E-state index contributed by atoms with van der Waals surface area (Å²) in [5.41, 5.74) is 3.62. The van der Waals surface area contributed by atoms with Gasteiger partial charge < -0.3 is 9.73 Å². The molecular weight excluding hydrogens is 420 g/mol. The third-order valence-electron chi connectivity index (χ3n) is 5.67. The summed E-state index contributed by atoms with van der Waals surface area (Å²) < 4.78 is 7.59. The van der Waals surface area contributed by atoms with E-state index in [1.807, 2.05) is 35.8 Å². The minimum absolute atomic E-state index is 0.0241. The highest BCUT2D eigenvalue weighted by Gasteiger charge is 2.21. The van der Waals surface area contributed by atoms with E-state index in [-0.39, 0.29) is 11.2 Å². The molecule has 1 unspecified atom stereocenters. The SMILES string of the molecule is Cc1cccc(-c2nnc(SC(C)C(=O)NCCC3=CCCCC3)n2Cc2ccco2)c1. The molecule has 0 aliphatic heterocycles. The highest BCUT2D eigenvalue weighted by atomic mass is 32.2. The van der Waals surface area contributed by atoms with Crippen LogP contribution in [0.15, 0.2) is 63.9 Å². The molecule has 6 nitrogen and oxygen atoms in total. The van der Waals surface area contributed by atoms with E-state index in [1.165, 1.54) is 36.6 Å². The first kappa shape index (κ1) is 22.4. The largest absolute Gasteiger partial charge is 0.467 e. The van der Waals surface area contributed by atoms with Crippen LogP contribution in [0.2, 0.25) is 0 Å². The molecule has 1 N–H and O–H groups in total. The molecule has 32 heavy (non-hydrogen) atoms. The average Bonchev–Trinajstić information content (AvgIpc) is 3.45. The lowest BCUT2D eigenvalue weighted by atomic mass is 9.97. The van der Waals surface area contributed by atoms with Gasteiger partial charge in [0.15, 0.2) is 11.0 Å². The van der Waals surface area contributed by atoms with Gasteiger partial charge in [0.2, 0.25) is 5.91 Å². The van der Waals surface area contributed by atoms with Gasteiger partial charge in [0.05, 0.1) is 18.1 Å². The zero-order valence-electron chi connectivity index (χ0n) is 18.7. The molecular formula is C25H30N4O2S. The van der Waals surface area contributed by atoms with Gasteiger partial charge in [-0.1, -0.05) is 47.2 Å². The van der Waals surface area contributed by atoms with Crippen molar-refractivity contribution < 1.29 is 9.21 Å². The number of nitrogens with zero attached hydrogens (tertiary/aromatic N) is 3. The second-order valence-electron chi connectivity index (χ2n) is 8.25. The molecule has 0 spiro atoms. The third-order valence-corrected chi connectivity index (χ3v) is 6.75. The van der Waals surface area contributed by atoms with Crippen LogP contribution in [0.1, 0.15) is 50.4 Å². The first-order valence-electron chi connectivity index (χ1n) is 11.2. The smallest absolute Gasteiger partial charge is 0.233 e. The van der Waals surface area contributed by atoms with Gasteiger partial charge in [-0.05, 0) is 64.2 Å². The number of thioether (sulfide) groups is 1. The van der Waals surface area contributed by atoms with E-state index >= 15 is 0 Å². The standard InChI is InChI=1S/C25H30N4O2S/c1-18-8-6-11-21(16-18)23-27-28-25(29(23)17-22-12-7-15-31-22)32-19(2)24(30)26-14-13-20-9-4-3-5-10-20/h6-9,11-12,15-16,19H,3-5,10,13-14,17H2,1-2H3,(H,26,30). The molecule has 3 aromatic rings. The molecule has 1 aliphatic carbocycles. The lowest BCUT2D eigenvalue weighted by Crippen LogP contribution is -2.32. The zero-order valence-corrected chi connectivity index (χ0v) is 19.5.